The number of aliphatic hydroxyl groups is 1. The average molecular weight is 315 g/mol. The second-order valence-corrected chi connectivity index (χ2v) is 7.14. The van der Waals surface area contributed by atoms with Crippen molar-refractivity contribution < 1.29 is 13.5 Å². The third kappa shape index (κ3) is 2.56. The fraction of sp³-hybridized carbons (Fsp3) is 0.500. The summed E-state index contributed by atoms with van der Waals surface area (Å²) in [6, 6.07) is 2.55. The maximum Gasteiger partial charge on any atom is 0.245 e. The zero-order valence-electron chi connectivity index (χ0n) is 11.1. The molecule has 0 spiro atoms. The van der Waals surface area contributed by atoms with Crippen LogP contribution >= 0.6 is 12.2 Å². The van der Waals surface area contributed by atoms with Gasteiger partial charge in [0.15, 0.2) is 0 Å². The van der Waals surface area contributed by atoms with Gasteiger partial charge < -0.3 is 10.8 Å². The highest BCUT2D eigenvalue weighted by Gasteiger charge is 2.40. The molecule has 3 N–H and O–H groups in total. The number of hydrogen-bond acceptors (Lipinski definition) is 5. The molecule has 0 saturated carbocycles. The van der Waals surface area contributed by atoms with Crippen LogP contribution in [0.5, 0.6) is 0 Å². The standard InChI is InChI=1S/C12H17N3O3S2/c1-8-4-6-15(9(8)7-16)20(17,18)10-3-2-5-14-11(10)12(13)19/h2-3,5,8-9,16H,4,6-7H2,1H3,(H2,13,19). The number of aromatic nitrogens is 1. The molecule has 1 aromatic heterocycles. The smallest absolute Gasteiger partial charge is 0.245 e. The number of hydrogen-bond donors (Lipinski definition) is 2. The van der Waals surface area contributed by atoms with E-state index < -0.39 is 16.1 Å². The summed E-state index contributed by atoms with van der Waals surface area (Å²) in [5.41, 5.74) is 5.64. The van der Waals surface area contributed by atoms with Gasteiger partial charge in [-0.3, -0.25) is 4.98 Å². The molecule has 0 radical (unpaired) electrons. The van der Waals surface area contributed by atoms with Gasteiger partial charge in [-0.05, 0) is 24.5 Å². The molecule has 1 fully saturated rings. The molecule has 1 aliphatic rings. The van der Waals surface area contributed by atoms with Gasteiger partial charge in [-0.15, -0.1) is 0 Å². The lowest BCUT2D eigenvalue weighted by atomic mass is 10.0. The van der Waals surface area contributed by atoms with Crippen molar-refractivity contribution in [2.45, 2.75) is 24.3 Å². The molecule has 2 rings (SSSR count). The molecule has 2 heterocycles. The van der Waals surface area contributed by atoms with Crippen LogP contribution < -0.4 is 5.73 Å². The monoisotopic (exact) mass is 315 g/mol. The number of aliphatic hydroxyl groups excluding tert-OH is 1. The van der Waals surface area contributed by atoms with E-state index in [0.29, 0.717) is 13.0 Å². The molecule has 1 saturated heterocycles. The van der Waals surface area contributed by atoms with Gasteiger partial charge in [-0.25, -0.2) is 8.42 Å². The van der Waals surface area contributed by atoms with Crippen LogP contribution in [0.4, 0.5) is 0 Å². The highest BCUT2D eigenvalue weighted by Crippen LogP contribution is 2.30. The molecule has 20 heavy (non-hydrogen) atoms. The first-order valence-electron chi connectivity index (χ1n) is 6.27. The molecule has 110 valence electrons. The fourth-order valence-corrected chi connectivity index (χ4v) is 4.57. The van der Waals surface area contributed by atoms with Crippen molar-refractivity contribution in [1.82, 2.24) is 9.29 Å². The van der Waals surface area contributed by atoms with Gasteiger partial charge in [-0.1, -0.05) is 19.1 Å². The molecule has 1 aliphatic heterocycles. The third-order valence-electron chi connectivity index (χ3n) is 3.61. The van der Waals surface area contributed by atoms with Crippen molar-refractivity contribution in [3.8, 4) is 0 Å². The van der Waals surface area contributed by atoms with Crippen molar-refractivity contribution >= 4 is 27.2 Å². The summed E-state index contributed by atoms with van der Waals surface area (Å²) in [6.07, 6.45) is 2.16. The SMILES string of the molecule is CC1CCN(S(=O)(=O)c2cccnc2C(N)=S)C1CO. The van der Waals surface area contributed by atoms with Gasteiger partial charge >= 0.3 is 0 Å². The number of thiocarbonyl (C=S) groups is 1. The van der Waals surface area contributed by atoms with Crippen molar-refractivity contribution in [1.29, 1.82) is 0 Å². The fourth-order valence-electron chi connectivity index (χ4n) is 2.45. The quantitative estimate of drug-likeness (QED) is 0.765. The van der Waals surface area contributed by atoms with E-state index in [1.54, 1.807) is 0 Å². The second kappa shape index (κ2) is 5.72. The van der Waals surface area contributed by atoms with E-state index in [0.717, 1.165) is 0 Å². The normalized spacial score (nSPS) is 23.9. The molecule has 1 aromatic rings. The van der Waals surface area contributed by atoms with E-state index >= 15 is 0 Å². The molecular weight excluding hydrogens is 298 g/mol. The highest BCUT2D eigenvalue weighted by atomic mass is 32.2. The summed E-state index contributed by atoms with van der Waals surface area (Å²) in [6.45, 7) is 2.09. The van der Waals surface area contributed by atoms with Crippen LogP contribution in [0.25, 0.3) is 0 Å². The highest BCUT2D eigenvalue weighted by molar-refractivity contribution is 7.89. The summed E-state index contributed by atoms with van der Waals surface area (Å²) in [4.78, 5) is 3.89. The van der Waals surface area contributed by atoms with Gasteiger partial charge in [0.25, 0.3) is 0 Å². The Morgan fingerprint density at radius 3 is 2.95 bits per heavy atom. The first-order chi connectivity index (χ1) is 9.39. The Balaban J connectivity index is 2.49. The Hall–Kier alpha value is -1.09. The van der Waals surface area contributed by atoms with Crippen LogP contribution in [0.2, 0.25) is 0 Å². The van der Waals surface area contributed by atoms with Gasteiger partial charge in [0.2, 0.25) is 10.0 Å². The first kappa shape index (κ1) is 15.3. The lowest BCUT2D eigenvalue weighted by Gasteiger charge is -2.25. The number of sulfonamides is 1. The molecule has 8 heteroatoms. The lowest BCUT2D eigenvalue weighted by molar-refractivity contribution is 0.191. The van der Waals surface area contributed by atoms with Gasteiger partial charge in [-0.2, -0.15) is 4.31 Å². The van der Waals surface area contributed by atoms with Crippen LogP contribution in [0.1, 0.15) is 19.0 Å². The summed E-state index contributed by atoms with van der Waals surface area (Å²) in [7, 11) is -3.77. The first-order valence-corrected chi connectivity index (χ1v) is 8.12. The zero-order valence-corrected chi connectivity index (χ0v) is 12.7. The molecule has 0 aromatic carbocycles. The topological polar surface area (TPSA) is 96.5 Å². The summed E-state index contributed by atoms with van der Waals surface area (Å²) in [5, 5.41) is 9.42. The largest absolute Gasteiger partial charge is 0.395 e. The molecular formula is C12H17N3O3S2. The molecule has 0 amide bonds. The minimum Gasteiger partial charge on any atom is -0.395 e. The Morgan fingerprint density at radius 1 is 1.65 bits per heavy atom. The zero-order chi connectivity index (χ0) is 14.9. The summed E-state index contributed by atoms with van der Waals surface area (Å²) >= 11 is 4.86. The van der Waals surface area contributed by atoms with Gasteiger partial charge in [0.1, 0.15) is 15.6 Å². The van der Waals surface area contributed by atoms with Crippen LogP contribution in [-0.2, 0) is 10.0 Å². The van der Waals surface area contributed by atoms with E-state index in [2.05, 4.69) is 4.98 Å². The average Bonchev–Trinajstić information content (AvgIpc) is 2.80. The second-order valence-electron chi connectivity index (χ2n) is 4.85. The number of nitrogens with two attached hydrogens (primary N) is 1. The van der Waals surface area contributed by atoms with E-state index in [4.69, 9.17) is 18.0 Å². The van der Waals surface area contributed by atoms with E-state index in [1.807, 2.05) is 6.92 Å². The van der Waals surface area contributed by atoms with Crippen LogP contribution in [0.15, 0.2) is 23.2 Å². The predicted octanol–water partition coefficient (Wildman–Crippen LogP) is 0.107. The maximum atomic E-state index is 12.7. The Bertz CT molecular complexity index is 618. The Kier molecular flexibility index (Phi) is 4.38. The van der Waals surface area contributed by atoms with Crippen LogP contribution in [-0.4, -0.2) is 47.0 Å². The minimum absolute atomic E-state index is 0.0000463. The molecule has 0 bridgehead atoms. The summed E-state index contributed by atoms with van der Waals surface area (Å²) < 4.78 is 26.8. The minimum atomic E-state index is -3.77. The molecule has 6 nitrogen and oxygen atoms in total. The van der Waals surface area contributed by atoms with Crippen molar-refractivity contribution in [2.24, 2.45) is 11.7 Å². The number of pyridine rings is 1. The maximum absolute atomic E-state index is 12.7. The third-order valence-corrected chi connectivity index (χ3v) is 5.76. The lowest BCUT2D eigenvalue weighted by Crippen LogP contribution is -2.40. The van der Waals surface area contributed by atoms with Crippen LogP contribution in [0.3, 0.4) is 0 Å². The van der Waals surface area contributed by atoms with Crippen molar-refractivity contribution in [2.75, 3.05) is 13.2 Å². The van der Waals surface area contributed by atoms with Crippen molar-refractivity contribution in [3.05, 3.63) is 24.0 Å². The Morgan fingerprint density at radius 2 is 2.35 bits per heavy atom. The van der Waals surface area contributed by atoms with E-state index in [9.17, 15) is 13.5 Å². The number of nitrogens with zero attached hydrogens (tertiary/aromatic N) is 2. The number of rotatable bonds is 4. The Labute approximate surface area is 123 Å². The molecule has 2 atom stereocenters. The van der Waals surface area contributed by atoms with E-state index in [-0.39, 0.29) is 28.1 Å². The molecule has 0 aliphatic carbocycles. The van der Waals surface area contributed by atoms with Crippen molar-refractivity contribution in [3.63, 3.8) is 0 Å². The predicted molar refractivity (Wildman–Crippen MR) is 78.7 cm³/mol. The van der Waals surface area contributed by atoms with Gasteiger partial charge in [0.05, 0.1) is 12.6 Å². The van der Waals surface area contributed by atoms with Gasteiger partial charge in [0, 0.05) is 12.7 Å². The van der Waals surface area contributed by atoms with Crippen LogP contribution in [0, 0.1) is 5.92 Å². The summed E-state index contributed by atoms with van der Waals surface area (Å²) in [5.74, 6) is 0.111. The molecule has 2 unspecified atom stereocenters. The van der Waals surface area contributed by atoms with E-state index in [1.165, 1.54) is 22.6 Å².